The van der Waals surface area contributed by atoms with E-state index in [1.807, 2.05) is 16.8 Å². The van der Waals surface area contributed by atoms with Gasteiger partial charge in [-0.1, -0.05) is 13.8 Å². The van der Waals surface area contributed by atoms with Crippen LogP contribution in [0.3, 0.4) is 0 Å². The molecule has 0 spiro atoms. The first-order valence-corrected chi connectivity index (χ1v) is 10.4. The smallest absolute Gasteiger partial charge is 0.243 e. The van der Waals surface area contributed by atoms with E-state index in [4.69, 9.17) is 0 Å². The van der Waals surface area contributed by atoms with E-state index in [-0.39, 0.29) is 28.7 Å². The fourth-order valence-corrected chi connectivity index (χ4v) is 4.58. The normalized spacial score (nSPS) is 11.6. The first-order valence-electron chi connectivity index (χ1n) is 8.02. The maximum Gasteiger partial charge on any atom is 0.243 e. The molecule has 1 heterocycles. The SMILES string of the molecule is CCN(CC)S(=O)(=O)c1ccc(O)c(NC(=O)CCc2ccsc2)c1. The first-order chi connectivity index (χ1) is 11.9. The molecule has 2 N–H and O–H groups in total. The summed E-state index contributed by atoms with van der Waals surface area (Å²) in [5.41, 5.74) is 1.17. The van der Waals surface area contributed by atoms with Crippen molar-refractivity contribution in [3.8, 4) is 5.75 Å². The van der Waals surface area contributed by atoms with Crippen molar-refractivity contribution >= 4 is 33.0 Å². The summed E-state index contributed by atoms with van der Waals surface area (Å²) in [4.78, 5) is 12.1. The summed E-state index contributed by atoms with van der Waals surface area (Å²) in [6.45, 7) is 4.22. The molecule has 2 aromatic rings. The monoisotopic (exact) mass is 382 g/mol. The lowest BCUT2D eigenvalue weighted by Gasteiger charge is -2.19. The Morgan fingerprint density at radius 2 is 1.96 bits per heavy atom. The molecule has 0 bridgehead atoms. The van der Waals surface area contributed by atoms with Crippen LogP contribution in [0.5, 0.6) is 5.75 Å². The highest BCUT2D eigenvalue weighted by molar-refractivity contribution is 7.89. The van der Waals surface area contributed by atoms with E-state index in [1.54, 1.807) is 25.2 Å². The number of nitrogens with zero attached hydrogens (tertiary/aromatic N) is 1. The van der Waals surface area contributed by atoms with E-state index in [0.717, 1.165) is 5.56 Å². The van der Waals surface area contributed by atoms with Gasteiger partial charge in [0.1, 0.15) is 5.75 Å². The van der Waals surface area contributed by atoms with E-state index in [0.29, 0.717) is 19.5 Å². The highest BCUT2D eigenvalue weighted by atomic mass is 32.2. The van der Waals surface area contributed by atoms with Gasteiger partial charge in [0, 0.05) is 19.5 Å². The number of thiophene rings is 1. The topological polar surface area (TPSA) is 86.7 Å². The minimum absolute atomic E-state index is 0.0436. The lowest BCUT2D eigenvalue weighted by molar-refractivity contribution is -0.116. The highest BCUT2D eigenvalue weighted by Gasteiger charge is 2.23. The van der Waals surface area contributed by atoms with Crippen LogP contribution in [0.2, 0.25) is 0 Å². The number of hydrogen-bond donors (Lipinski definition) is 2. The number of aromatic hydroxyl groups is 1. The van der Waals surface area contributed by atoms with Crippen LogP contribution in [-0.2, 0) is 21.2 Å². The van der Waals surface area contributed by atoms with Crippen molar-refractivity contribution in [1.82, 2.24) is 4.31 Å². The quantitative estimate of drug-likeness (QED) is 0.687. The van der Waals surface area contributed by atoms with Crippen LogP contribution in [0.25, 0.3) is 0 Å². The number of aryl methyl sites for hydroxylation is 1. The zero-order valence-corrected chi connectivity index (χ0v) is 15.9. The van der Waals surface area contributed by atoms with Crippen molar-refractivity contribution in [2.24, 2.45) is 0 Å². The molecule has 8 heteroatoms. The molecule has 1 amide bonds. The van der Waals surface area contributed by atoms with Gasteiger partial charge in [0.05, 0.1) is 10.6 Å². The Bertz CT molecular complexity index is 813. The van der Waals surface area contributed by atoms with Crippen molar-refractivity contribution < 1.29 is 18.3 Å². The van der Waals surface area contributed by atoms with Crippen molar-refractivity contribution in [2.75, 3.05) is 18.4 Å². The minimum atomic E-state index is -3.65. The number of rotatable bonds is 8. The van der Waals surface area contributed by atoms with Gasteiger partial charge in [-0.3, -0.25) is 4.79 Å². The zero-order chi connectivity index (χ0) is 18.4. The number of sulfonamides is 1. The van der Waals surface area contributed by atoms with E-state index < -0.39 is 10.0 Å². The molecule has 0 aliphatic heterocycles. The van der Waals surface area contributed by atoms with Crippen LogP contribution in [0, 0.1) is 0 Å². The van der Waals surface area contributed by atoms with Crippen LogP contribution in [-0.4, -0.2) is 36.8 Å². The van der Waals surface area contributed by atoms with Crippen LogP contribution in [0.4, 0.5) is 5.69 Å². The first kappa shape index (κ1) is 19.4. The summed E-state index contributed by atoms with van der Waals surface area (Å²) >= 11 is 1.57. The molecule has 0 aliphatic rings. The molecule has 1 aromatic carbocycles. The van der Waals surface area contributed by atoms with Crippen molar-refractivity contribution in [3.63, 3.8) is 0 Å². The summed E-state index contributed by atoms with van der Waals surface area (Å²) < 4.78 is 26.4. The molecule has 0 atom stereocenters. The van der Waals surface area contributed by atoms with E-state index in [2.05, 4.69) is 5.32 Å². The van der Waals surface area contributed by atoms with Crippen molar-refractivity contribution in [2.45, 2.75) is 31.6 Å². The van der Waals surface area contributed by atoms with Gasteiger partial charge in [-0.2, -0.15) is 15.6 Å². The molecule has 0 saturated heterocycles. The van der Waals surface area contributed by atoms with Crippen LogP contribution in [0.15, 0.2) is 39.9 Å². The second-order valence-electron chi connectivity index (χ2n) is 5.45. The van der Waals surface area contributed by atoms with Crippen LogP contribution >= 0.6 is 11.3 Å². The average Bonchev–Trinajstić information content (AvgIpc) is 3.09. The molecule has 25 heavy (non-hydrogen) atoms. The van der Waals surface area contributed by atoms with Gasteiger partial charge in [-0.25, -0.2) is 8.42 Å². The summed E-state index contributed by atoms with van der Waals surface area (Å²) in [7, 11) is -3.65. The minimum Gasteiger partial charge on any atom is -0.506 e. The number of carbonyl (C=O) groups excluding carboxylic acids is 1. The van der Waals surface area contributed by atoms with E-state index in [1.165, 1.54) is 22.5 Å². The lowest BCUT2D eigenvalue weighted by atomic mass is 10.2. The average molecular weight is 383 g/mol. The molecular formula is C17H22N2O4S2. The highest BCUT2D eigenvalue weighted by Crippen LogP contribution is 2.28. The number of carbonyl (C=O) groups is 1. The van der Waals surface area contributed by atoms with Gasteiger partial charge < -0.3 is 10.4 Å². The molecule has 0 radical (unpaired) electrons. The Morgan fingerprint density at radius 1 is 1.24 bits per heavy atom. The third kappa shape index (κ3) is 4.81. The second-order valence-corrected chi connectivity index (χ2v) is 8.17. The number of phenols is 1. The van der Waals surface area contributed by atoms with Gasteiger partial charge in [-0.15, -0.1) is 0 Å². The predicted molar refractivity (Wildman–Crippen MR) is 99.5 cm³/mol. The molecule has 0 fully saturated rings. The molecule has 136 valence electrons. The maximum atomic E-state index is 12.6. The molecule has 0 unspecified atom stereocenters. The number of benzene rings is 1. The molecule has 0 saturated carbocycles. The Balaban J connectivity index is 2.14. The fraction of sp³-hybridized carbons (Fsp3) is 0.353. The Kier molecular flexibility index (Phi) is 6.57. The summed E-state index contributed by atoms with van der Waals surface area (Å²) in [6.07, 6.45) is 0.844. The summed E-state index contributed by atoms with van der Waals surface area (Å²) in [5, 5.41) is 16.4. The van der Waals surface area contributed by atoms with Crippen LogP contribution < -0.4 is 5.32 Å². The second kappa shape index (κ2) is 8.46. The maximum absolute atomic E-state index is 12.6. The van der Waals surface area contributed by atoms with Crippen molar-refractivity contribution in [1.29, 1.82) is 0 Å². The Labute approximate surface area is 152 Å². The molecular weight excluding hydrogens is 360 g/mol. The number of phenolic OH excluding ortho intramolecular Hbond substituents is 1. The standard InChI is InChI=1S/C17H22N2O4S2/c1-3-19(4-2)25(22,23)14-6-7-16(20)15(11-14)18-17(21)8-5-13-9-10-24-12-13/h6-7,9-12,20H,3-5,8H2,1-2H3,(H,18,21). The fourth-order valence-electron chi connectivity index (χ4n) is 2.39. The molecule has 1 aromatic heterocycles. The third-order valence-corrected chi connectivity index (χ3v) is 6.58. The number of amides is 1. The van der Waals surface area contributed by atoms with Gasteiger partial charge >= 0.3 is 0 Å². The third-order valence-electron chi connectivity index (χ3n) is 3.81. The molecule has 2 rings (SSSR count). The lowest BCUT2D eigenvalue weighted by Crippen LogP contribution is -2.30. The molecule has 0 aliphatic carbocycles. The van der Waals surface area contributed by atoms with E-state index >= 15 is 0 Å². The summed E-state index contributed by atoms with van der Waals surface area (Å²) in [6, 6.07) is 5.87. The van der Waals surface area contributed by atoms with Crippen LogP contribution in [0.1, 0.15) is 25.8 Å². The largest absolute Gasteiger partial charge is 0.506 e. The summed E-state index contributed by atoms with van der Waals surface area (Å²) in [5.74, 6) is -0.443. The van der Waals surface area contributed by atoms with Gasteiger partial charge in [0.2, 0.25) is 15.9 Å². The zero-order valence-electron chi connectivity index (χ0n) is 14.2. The Morgan fingerprint density at radius 3 is 2.56 bits per heavy atom. The van der Waals surface area contributed by atoms with Gasteiger partial charge in [-0.05, 0) is 47.0 Å². The molecule has 6 nitrogen and oxygen atoms in total. The van der Waals surface area contributed by atoms with E-state index in [9.17, 15) is 18.3 Å². The predicted octanol–water partition coefficient (Wildman–Crippen LogP) is 3.06. The number of nitrogens with one attached hydrogen (secondary N) is 1. The number of hydrogen-bond acceptors (Lipinski definition) is 5. The number of anilines is 1. The van der Waals surface area contributed by atoms with Gasteiger partial charge in [0.15, 0.2) is 0 Å². The Hall–Kier alpha value is -1.90. The van der Waals surface area contributed by atoms with Gasteiger partial charge in [0.25, 0.3) is 0 Å². The van der Waals surface area contributed by atoms with Crippen molar-refractivity contribution in [3.05, 3.63) is 40.6 Å².